The Bertz CT molecular complexity index is 1070. The summed E-state index contributed by atoms with van der Waals surface area (Å²) in [5.74, 6) is -0.702. The van der Waals surface area contributed by atoms with Gasteiger partial charge in [-0.3, -0.25) is 4.79 Å². The number of esters is 1. The van der Waals surface area contributed by atoms with Crippen LogP contribution in [0.15, 0.2) is 24.3 Å². The van der Waals surface area contributed by atoms with Gasteiger partial charge < -0.3 is 10.1 Å². The highest BCUT2D eigenvalue weighted by molar-refractivity contribution is 6.33. The van der Waals surface area contributed by atoms with Crippen LogP contribution in [0.25, 0.3) is 5.65 Å². The van der Waals surface area contributed by atoms with Crippen LogP contribution in [0.2, 0.25) is 5.02 Å². The summed E-state index contributed by atoms with van der Waals surface area (Å²) in [6.45, 7) is 5.82. The molecule has 2 aromatic heterocycles. The minimum atomic E-state index is -0.493. The Kier molecular flexibility index (Phi) is 5.65. The molecule has 0 unspecified atom stereocenters. The quantitative estimate of drug-likeness (QED) is 0.660. The lowest BCUT2D eigenvalue weighted by Gasteiger charge is -2.12. The zero-order valence-corrected chi connectivity index (χ0v) is 16.9. The number of carbonyl (C=O) groups excluding carboxylic acids is 2. The van der Waals surface area contributed by atoms with E-state index in [1.54, 1.807) is 16.6 Å². The smallest absolute Gasteiger partial charge is 0.337 e. The Morgan fingerprint density at radius 2 is 1.96 bits per heavy atom. The van der Waals surface area contributed by atoms with E-state index in [0.29, 0.717) is 22.7 Å². The van der Waals surface area contributed by atoms with E-state index in [4.69, 9.17) is 16.3 Å². The number of methoxy groups -OCH3 is 1. The summed E-state index contributed by atoms with van der Waals surface area (Å²) in [5.41, 5.74) is 5.21. The number of halogens is 1. The van der Waals surface area contributed by atoms with E-state index < -0.39 is 5.97 Å². The second-order valence-corrected chi connectivity index (χ2v) is 6.96. The van der Waals surface area contributed by atoms with Gasteiger partial charge in [0, 0.05) is 23.9 Å². The van der Waals surface area contributed by atoms with Gasteiger partial charge in [0.05, 0.1) is 29.1 Å². The van der Waals surface area contributed by atoms with Gasteiger partial charge in [0.1, 0.15) is 0 Å². The molecule has 28 heavy (non-hydrogen) atoms. The van der Waals surface area contributed by atoms with Crippen LogP contribution in [-0.2, 0) is 16.0 Å². The van der Waals surface area contributed by atoms with Crippen molar-refractivity contribution < 1.29 is 14.3 Å². The first kappa shape index (κ1) is 19.8. The molecule has 0 atom stereocenters. The molecule has 8 heteroatoms. The first-order valence-corrected chi connectivity index (χ1v) is 9.18. The lowest BCUT2D eigenvalue weighted by Crippen LogP contribution is -2.15. The van der Waals surface area contributed by atoms with Crippen molar-refractivity contribution in [1.29, 1.82) is 0 Å². The van der Waals surface area contributed by atoms with E-state index in [1.165, 1.54) is 13.2 Å². The summed E-state index contributed by atoms with van der Waals surface area (Å²) >= 11 is 6.14. The fourth-order valence-electron chi connectivity index (χ4n) is 3.12. The molecule has 1 N–H and O–H groups in total. The number of nitrogens with zero attached hydrogens (tertiary/aromatic N) is 3. The number of hydrogen-bond acceptors (Lipinski definition) is 5. The molecular weight excluding hydrogens is 380 g/mol. The number of nitrogens with one attached hydrogen (secondary N) is 1. The number of rotatable bonds is 5. The summed E-state index contributed by atoms with van der Waals surface area (Å²) < 4.78 is 6.49. The molecule has 0 saturated heterocycles. The van der Waals surface area contributed by atoms with Crippen LogP contribution in [0.4, 0.5) is 5.69 Å². The molecule has 0 aliphatic carbocycles. The molecule has 0 spiro atoms. The molecule has 1 aromatic carbocycles. The summed E-state index contributed by atoms with van der Waals surface area (Å²) in [5, 5.41) is 7.56. The Hall–Kier alpha value is -2.93. The third-order valence-corrected chi connectivity index (χ3v) is 4.88. The Labute approximate surface area is 167 Å². The van der Waals surface area contributed by atoms with Crippen LogP contribution in [0.3, 0.4) is 0 Å². The van der Waals surface area contributed by atoms with Crippen LogP contribution < -0.4 is 5.32 Å². The highest BCUT2D eigenvalue weighted by Crippen LogP contribution is 2.24. The topological polar surface area (TPSA) is 85.6 Å². The molecule has 146 valence electrons. The molecule has 0 aliphatic heterocycles. The zero-order valence-electron chi connectivity index (χ0n) is 16.2. The van der Waals surface area contributed by atoms with E-state index >= 15 is 0 Å². The van der Waals surface area contributed by atoms with Crippen molar-refractivity contribution in [2.45, 2.75) is 33.6 Å². The largest absolute Gasteiger partial charge is 0.465 e. The van der Waals surface area contributed by atoms with Gasteiger partial charge in [-0.05, 0) is 51.0 Å². The zero-order chi connectivity index (χ0) is 20.4. The van der Waals surface area contributed by atoms with Crippen LogP contribution >= 0.6 is 11.6 Å². The molecule has 2 heterocycles. The number of ether oxygens (including phenoxy) is 1. The maximum Gasteiger partial charge on any atom is 0.337 e. The molecule has 1 amide bonds. The van der Waals surface area contributed by atoms with Crippen molar-refractivity contribution in [2.75, 3.05) is 12.4 Å². The number of fused-ring (bicyclic) bond motifs is 1. The predicted molar refractivity (Wildman–Crippen MR) is 107 cm³/mol. The van der Waals surface area contributed by atoms with E-state index in [-0.39, 0.29) is 12.3 Å². The van der Waals surface area contributed by atoms with Gasteiger partial charge in [-0.2, -0.15) is 5.10 Å². The SMILES string of the molecule is COC(=O)c1ccc(Cl)c(NC(=O)CCc2c(C)nc3cc(C)nn3c2C)c1. The number of amides is 1. The van der Waals surface area contributed by atoms with Gasteiger partial charge in [-0.25, -0.2) is 14.3 Å². The Morgan fingerprint density at radius 3 is 2.68 bits per heavy atom. The van der Waals surface area contributed by atoms with E-state index in [9.17, 15) is 9.59 Å². The van der Waals surface area contributed by atoms with Crippen LogP contribution in [0, 0.1) is 20.8 Å². The van der Waals surface area contributed by atoms with E-state index in [2.05, 4.69) is 15.4 Å². The highest BCUT2D eigenvalue weighted by Gasteiger charge is 2.15. The third-order valence-electron chi connectivity index (χ3n) is 4.55. The maximum atomic E-state index is 12.5. The maximum absolute atomic E-state index is 12.5. The molecule has 0 saturated carbocycles. The van der Waals surface area contributed by atoms with Crippen molar-refractivity contribution in [3.8, 4) is 0 Å². The van der Waals surface area contributed by atoms with Gasteiger partial charge in [-0.15, -0.1) is 0 Å². The van der Waals surface area contributed by atoms with Crippen LogP contribution in [-0.4, -0.2) is 33.6 Å². The molecule has 0 radical (unpaired) electrons. The Balaban J connectivity index is 1.75. The van der Waals surface area contributed by atoms with E-state index in [1.807, 2.05) is 26.8 Å². The summed E-state index contributed by atoms with van der Waals surface area (Å²) in [6, 6.07) is 6.52. The molecule has 7 nitrogen and oxygen atoms in total. The number of aryl methyl sites for hydroxylation is 3. The molecule has 0 aliphatic rings. The second-order valence-electron chi connectivity index (χ2n) is 6.55. The number of aromatic nitrogens is 3. The van der Waals surface area contributed by atoms with Gasteiger partial charge >= 0.3 is 5.97 Å². The molecule has 3 rings (SSSR count). The van der Waals surface area contributed by atoms with Crippen molar-refractivity contribution in [3.63, 3.8) is 0 Å². The van der Waals surface area contributed by atoms with Crippen LogP contribution in [0.5, 0.6) is 0 Å². The fraction of sp³-hybridized carbons (Fsp3) is 0.300. The van der Waals surface area contributed by atoms with Gasteiger partial charge in [0.15, 0.2) is 5.65 Å². The predicted octanol–water partition coefficient (Wildman–Crippen LogP) is 3.67. The lowest BCUT2D eigenvalue weighted by molar-refractivity contribution is -0.116. The monoisotopic (exact) mass is 400 g/mol. The van der Waals surface area contributed by atoms with E-state index in [0.717, 1.165) is 28.3 Å². The fourth-order valence-corrected chi connectivity index (χ4v) is 3.28. The van der Waals surface area contributed by atoms with Crippen molar-refractivity contribution in [3.05, 3.63) is 57.5 Å². The minimum Gasteiger partial charge on any atom is -0.465 e. The standard InChI is InChI=1S/C20H21ClN4O3/c1-11-9-18-22-12(2)15(13(3)25(18)24-11)6-8-19(26)23-17-10-14(20(27)28-4)5-7-16(17)21/h5,7,9-10H,6,8H2,1-4H3,(H,23,26). The first-order chi connectivity index (χ1) is 13.3. The second kappa shape index (κ2) is 7.98. The normalized spacial score (nSPS) is 10.9. The number of hydrogen-bond donors (Lipinski definition) is 1. The molecular formula is C20H21ClN4O3. The molecule has 0 fully saturated rings. The average Bonchev–Trinajstić information content (AvgIpc) is 3.03. The number of benzene rings is 1. The number of anilines is 1. The number of carbonyl (C=O) groups is 2. The summed E-state index contributed by atoms with van der Waals surface area (Å²) in [4.78, 5) is 28.7. The van der Waals surface area contributed by atoms with Gasteiger partial charge in [0.25, 0.3) is 0 Å². The highest BCUT2D eigenvalue weighted by atomic mass is 35.5. The van der Waals surface area contributed by atoms with Crippen molar-refractivity contribution in [2.24, 2.45) is 0 Å². The minimum absolute atomic E-state index is 0.209. The summed E-state index contributed by atoms with van der Waals surface area (Å²) in [6.07, 6.45) is 0.757. The lowest BCUT2D eigenvalue weighted by atomic mass is 10.1. The Morgan fingerprint density at radius 1 is 1.21 bits per heavy atom. The van der Waals surface area contributed by atoms with Crippen LogP contribution in [0.1, 0.15) is 39.4 Å². The summed E-state index contributed by atoms with van der Waals surface area (Å²) in [7, 11) is 1.30. The van der Waals surface area contributed by atoms with Gasteiger partial charge in [0.2, 0.25) is 5.91 Å². The van der Waals surface area contributed by atoms with Crippen molar-refractivity contribution in [1.82, 2.24) is 14.6 Å². The van der Waals surface area contributed by atoms with Gasteiger partial charge in [-0.1, -0.05) is 11.6 Å². The molecule has 0 bridgehead atoms. The molecule has 3 aromatic rings. The third kappa shape index (κ3) is 3.99. The van der Waals surface area contributed by atoms with Crippen molar-refractivity contribution >= 4 is 34.8 Å². The average molecular weight is 401 g/mol. The first-order valence-electron chi connectivity index (χ1n) is 8.80.